The Morgan fingerprint density at radius 3 is 2.70 bits per heavy atom. The minimum atomic E-state index is -1.10. The molecule has 1 heterocycles. The second-order valence-electron chi connectivity index (χ2n) is 5.08. The zero-order chi connectivity index (χ0) is 16.8. The summed E-state index contributed by atoms with van der Waals surface area (Å²) in [4.78, 5) is 30.2. The Balaban J connectivity index is 1.99. The molecule has 1 atom stereocenters. The van der Waals surface area contributed by atoms with Crippen molar-refractivity contribution in [2.45, 2.75) is 18.9 Å². The van der Waals surface area contributed by atoms with Crippen LogP contribution in [0.4, 0.5) is 0 Å². The number of carboxylic acids is 1. The Bertz CT molecular complexity index is 701. The average Bonchev–Trinajstić information content (AvgIpc) is 2.93. The van der Waals surface area contributed by atoms with Gasteiger partial charge in [-0.25, -0.2) is 4.79 Å². The van der Waals surface area contributed by atoms with E-state index in [9.17, 15) is 14.7 Å². The second-order valence-corrected chi connectivity index (χ2v) is 5.08. The molecule has 0 aliphatic heterocycles. The molecule has 0 aliphatic carbocycles. The molecule has 0 unspecified atom stereocenters. The molecule has 7 N–H and O–H groups in total. The molecule has 0 fully saturated rings. The number of carbonyl (C=O) groups excluding carboxylic acids is 1. The van der Waals surface area contributed by atoms with Crippen molar-refractivity contribution >= 4 is 28.7 Å². The number of aliphatic imine (C=N–C) groups is 1. The summed E-state index contributed by atoms with van der Waals surface area (Å²) >= 11 is 0. The van der Waals surface area contributed by atoms with Crippen LogP contribution in [0.15, 0.2) is 35.3 Å². The van der Waals surface area contributed by atoms with Gasteiger partial charge < -0.3 is 26.9 Å². The molecule has 122 valence electrons. The summed E-state index contributed by atoms with van der Waals surface area (Å²) in [6.45, 7) is 0.314. The van der Waals surface area contributed by atoms with E-state index in [4.69, 9.17) is 11.5 Å². The monoisotopic (exact) mass is 317 g/mol. The summed E-state index contributed by atoms with van der Waals surface area (Å²) in [5, 5.41) is 12.6. The van der Waals surface area contributed by atoms with Crippen molar-refractivity contribution in [3.05, 3.63) is 36.0 Å². The summed E-state index contributed by atoms with van der Waals surface area (Å²) in [7, 11) is 0. The van der Waals surface area contributed by atoms with Crippen LogP contribution in [-0.4, -0.2) is 40.5 Å². The number of hydrogen-bond donors (Lipinski definition) is 5. The van der Waals surface area contributed by atoms with Gasteiger partial charge in [0, 0.05) is 17.4 Å². The largest absolute Gasteiger partial charge is 0.480 e. The highest BCUT2D eigenvalue weighted by molar-refractivity contribution is 5.99. The molecule has 1 aromatic heterocycles. The van der Waals surface area contributed by atoms with Gasteiger partial charge in [-0.2, -0.15) is 0 Å². The zero-order valence-electron chi connectivity index (χ0n) is 12.5. The number of rotatable bonds is 7. The maximum Gasteiger partial charge on any atom is 0.326 e. The van der Waals surface area contributed by atoms with Crippen LogP contribution < -0.4 is 16.8 Å². The lowest BCUT2D eigenvalue weighted by Gasteiger charge is -2.13. The summed E-state index contributed by atoms with van der Waals surface area (Å²) < 4.78 is 0. The molecule has 2 aromatic rings. The number of guanidine groups is 1. The predicted molar refractivity (Wildman–Crippen MR) is 87.1 cm³/mol. The van der Waals surface area contributed by atoms with Gasteiger partial charge >= 0.3 is 5.97 Å². The van der Waals surface area contributed by atoms with Crippen molar-refractivity contribution in [1.82, 2.24) is 10.3 Å². The van der Waals surface area contributed by atoms with Crippen LogP contribution in [0.3, 0.4) is 0 Å². The first-order valence-electron chi connectivity index (χ1n) is 7.14. The third-order valence-electron chi connectivity index (χ3n) is 3.32. The average molecular weight is 317 g/mol. The standard InChI is InChI=1S/C15H19N5O3/c16-15(17)18-7-3-6-11(14(22)23)20-13(21)12-8-9-4-1-2-5-10(9)19-12/h1-2,4-5,8,11,19H,3,6-7H2,(H,20,21)(H,22,23)(H4,16,17,18)/t11-/m0/s1. The van der Waals surface area contributed by atoms with Crippen LogP contribution in [0.25, 0.3) is 10.9 Å². The fourth-order valence-corrected chi connectivity index (χ4v) is 2.19. The molecule has 0 saturated carbocycles. The number of aliphatic carboxylic acids is 1. The van der Waals surface area contributed by atoms with Gasteiger partial charge in [0.25, 0.3) is 5.91 Å². The first-order valence-corrected chi connectivity index (χ1v) is 7.14. The number of amides is 1. The topological polar surface area (TPSA) is 147 Å². The zero-order valence-corrected chi connectivity index (χ0v) is 12.5. The highest BCUT2D eigenvalue weighted by Gasteiger charge is 2.21. The number of aromatic amines is 1. The number of aromatic nitrogens is 1. The minimum Gasteiger partial charge on any atom is -0.480 e. The van der Waals surface area contributed by atoms with Gasteiger partial charge in [0.15, 0.2) is 5.96 Å². The molecule has 0 saturated heterocycles. The third-order valence-corrected chi connectivity index (χ3v) is 3.32. The molecule has 1 aromatic carbocycles. The number of para-hydroxylation sites is 1. The van der Waals surface area contributed by atoms with Gasteiger partial charge in [-0.3, -0.25) is 9.79 Å². The van der Waals surface area contributed by atoms with E-state index in [1.165, 1.54) is 0 Å². The number of fused-ring (bicyclic) bond motifs is 1. The van der Waals surface area contributed by atoms with Gasteiger partial charge in [-0.05, 0) is 25.0 Å². The van der Waals surface area contributed by atoms with E-state index in [2.05, 4.69) is 15.3 Å². The van der Waals surface area contributed by atoms with Crippen molar-refractivity contribution < 1.29 is 14.7 Å². The molecule has 2 rings (SSSR count). The van der Waals surface area contributed by atoms with Gasteiger partial charge in [0.05, 0.1) is 0 Å². The quantitative estimate of drug-likeness (QED) is 0.285. The number of H-pyrrole nitrogens is 1. The van der Waals surface area contributed by atoms with Crippen LogP contribution in [0, 0.1) is 0 Å². The summed E-state index contributed by atoms with van der Waals surface area (Å²) in [5.74, 6) is -1.60. The van der Waals surface area contributed by atoms with E-state index in [1.54, 1.807) is 6.07 Å². The van der Waals surface area contributed by atoms with Crippen molar-refractivity contribution in [3.63, 3.8) is 0 Å². The Morgan fingerprint density at radius 2 is 2.04 bits per heavy atom. The van der Waals surface area contributed by atoms with Crippen molar-refractivity contribution in [3.8, 4) is 0 Å². The molecule has 1 amide bonds. The number of nitrogens with one attached hydrogen (secondary N) is 2. The first-order chi connectivity index (χ1) is 11.0. The maximum atomic E-state index is 12.2. The number of nitrogens with zero attached hydrogens (tertiary/aromatic N) is 1. The molecule has 23 heavy (non-hydrogen) atoms. The van der Waals surface area contributed by atoms with Crippen LogP contribution in [0.1, 0.15) is 23.3 Å². The number of hydrogen-bond acceptors (Lipinski definition) is 3. The molecule has 0 radical (unpaired) electrons. The highest BCUT2D eigenvalue weighted by Crippen LogP contribution is 2.14. The summed E-state index contributed by atoms with van der Waals surface area (Å²) in [5.41, 5.74) is 11.5. The number of carbonyl (C=O) groups is 2. The minimum absolute atomic E-state index is 0.0426. The van der Waals surface area contributed by atoms with E-state index in [-0.39, 0.29) is 12.4 Å². The van der Waals surface area contributed by atoms with E-state index >= 15 is 0 Å². The van der Waals surface area contributed by atoms with E-state index in [0.29, 0.717) is 18.7 Å². The predicted octanol–water partition coefficient (Wildman–Crippen LogP) is 0.405. The Morgan fingerprint density at radius 1 is 1.30 bits per heavy atom. The lowest BCUT2D eigenvalue weighted by molar-refractivity contribution is -0.139. The van der Waals surface area contributed by atoms with Crippen molar-refractivity contribution in [2.24, 2.45) is 16.5 Å². The third kappa shape index (κ3) is 4.47. The Hall–Kier alpha value is -3.03. The van der Waals surface area contributed by atoms with E-state index < -0.39 is 17.9 Å². The maximum absolute atomic E-state index is 12.2. The van der Waals surface area contributed by atoms with Crippen molar-refractivity contribution in [2.75, 3.05) is 6.54 Å². The van der Waals surface area contributed by atoms with Gasteiger partial charge in [-0.15, -0.1) is 0 Å². The second kappa shape index (κ2) is 7.30. The SMILES string of the molecule is NC(N)=NCCC[C@H](NC(=O)c1cc2ccccc2[nH]1)C(=O)O. The van der Waals surface area contributed by atoms with Gasteiger partial charge in [0.1, 0.15) is 11.7 Å². The van der Waals surface area contributed by atoms with E-state index in [0.717, 1.165) is 10.9 Å². The van der Waals surface area contributed by atoms with Crippen LogP contribution >= 0.6 is 0 Å². The Labute approximate surface area is 132 Å². The molecule has 0 aliphatic rings. The van der Waals surface area contributed by atoms with Crippen LogP contribution in [0.5, 0.6) is 0 Å². The van der Waals surface area contributed by atoms with Crippen molar-refractivity contribution in [1.29, 1.82) is 0 Å². The molecular formula is C15H19N5O3. The Kier molecular flexibility index (Phi) is 5.19. The fourth-order valence-electron chi connectivity index (χ4n) is 2.19. The van der Waals surface area contributed by atoms with Gasteiger partial charge in [-0.1, -0.05) is 18.2 Å². The molecule has 0 bridgehead atoms. The highest BCUT2D eigenvalue weighted by atomic mass is 16.4. The lowest BCUT2D eigenvalue weighted by Crippen LogP contribution is -2.41. The first kappa shape index (κ1) is 16.3. The molecular weight excluding hydrogens is 298 g/mol. The lowest BCUT2D eigenvalue weighted by atomic mass is 10.1. The molecule has 8 nitrogen and oxygen atoms in total. The number of benzene rings is 1. The molecule has 8 heteroatoms. The number of carboxylic acid groups (broad SMARTS) is 1. The fraction of sp³-hybridized carbons (Fsp3) is 0.267. The van der Waals surface area contributed by atoms with Gasteiger partial charge in [0.2, 0.25) is 0 Å². The smallest absolute Gasteiger partial charge is 0.326 e. The number of nitrogens with two attached hydrogens (primary N) is 2. The van der Waals surface area contributed by atoms with Crippen LogP contribution in [0.2, 0.25) is 0 Å². The summed E-state index contributed by atoms with van der Waals surface area (Å²) in [6.07, 6.45) is 0.680. The van der Waals surface area contributed by atoms with Crippen LogP contribution in [-0.2, 0) is 4.79 Å². The normalized spacial score (nSPS) is 11.8. The van der Waals surface area contributed by atoms with E-state index in [1.807, 2.05) is 24.3 Å². The summed E-state index contributed by atoms with van der Waals surface area (Å²) in [6, 6.07) is 8.11. The molecule has 0 spiro atoms.